The second-order valence-corrected chi connectivity index (χ2v) is 3.35. The van der Waals surface area contributed by atoms with Gasteiger partial charge in [0.05, 0.1) is 5.56 Å². The van der Waals surface area contributed by atoms with Gasteiger partial charge in [-0.15, -0.1) is 0 Å². The summed E-state index contributed by atoms with van der Waals surface area (Å²) in [7, 11) is 0. The van der Waals surface area contributed by atoms with E-state index < -0.39 is 0 Å². The van der Waals surface area contributed by atoms with Gasteiger partial charge < -0.3 is 23.6 Å². The highest BCUT2D eigenvalue weighted by Gasteiger charge is 2.12. The lowest BCUT2D eigenvalue weighted by Crippen LogP contribution is -3.00. The van der Waals surface area contributed by atoms with Gasteiger partial charge in [0.1, 0.15) is 5.69 Å². The molecule has 0 aliphatic heterocycles. The predicted octanol–water partition coefficient (Wildman–Crippen LogP) is -2.03. The molecule has 3 nitrogen and oxygen atoms in total. The van der Waals surface area contributed by atoms with Crippen LogP contribution >= 0.6 is 0 Å². The summed E-state index contributed by atoms with van der Waals surface area (Å²) >= 11 is 0. The maximum atomic E-state index is 12.0. The molecule has 90 valence electrons. The maximum Gasteiger partial charge on any atom is 0.199 e. The Morgan fingerprint density at radius 2 is 1.41 bits per heavy atom. The topological polar surface area (TPSA) is 76.2 Å². The zero-order valence-electron chi connectivity index (χ0n) is 9.19. The van der Waals surface area contributed by atoms with Crippen LogP contribution in [-0.2, 0) is 0 Å². The molecule has 0 unspecified atom stereocenters. The molecule has 4 heteroatoms. The summed E-state index contributed by atoms with van der Waals surface area (Å²) in [5.41, 5.74) is 5.99. The predicted molar refractivity (Wildman–Crippen MR) is 62.5 cm³/mol. The highest BCUT2D eigenvalue weighted by molar-refractivity contribution is 6.11. The van der Waals surface area contributed by atoms with Crippen molar-refractivity contribution in [1.29, 1.82) is 0 Å². The van der Waals surface area contributed by atoms with E-state index in [1.54, 1.807) is 6.07 Å². The fourth-order valence-corrected chi connectivity index (χ4v) is 1.49. The zero-order chi connectivity index (χ0) is 10.7. The number of quaternary nitrogens is 1. The molecule has 2 rings (SSSR count). The first-order chi connectivity index (χ1) is 7.29. The Bertz CT molecular complexity index is 486. The van der Waals surface area contributed by atoms with Crippen LogP contribution in [0.25, 0.3) is 0 Å². The van der Waals surface area contributed by atoms with Gasteiger partial charge >= 0.3 is 0 Å². The molecular formula is C13H14ClNO2. The van der Waals surface area contributed by atoms with Crippen LogP contribution in [0.2, 0.25) is 0 Å². The van der Waals surface area contributed by atoms with Gasteiger partial charge in [0.25, 0.3) is 0 Å². The molecule has 17 heavy (non-hydrogen) atoms. The maximum absolute atomic E-state index is 12.0. The molecule has 0 atom stereocenters. The molecule has 5 N–H and O–H groups in total. The fourth-order valence-electron chi connectivity index (χ4n) is 1.49. The van der Waals surface area contributed by atoms with E-state index in [0.29, 0.717) is 11.1 Å². The number of carbonyl (C=O) groups is 1. The van der Waals surface area contributed by atoms with Crippen molar-refractivity contribution in [3.63, 3.8) is 0 Å². The molecule has 0 aliphatic carbocycles. The highest BCUT2D eigenvalue weighted by atomic mass is 35.5. The van der Waals surface area contributed by atoms with E-state index in [9.17, 15) is 4.79 Å². The number of ketones is 1. The molecule has 0 aliphatic rings. The number of hydrogen-bond acceptors (Lipinski definition) is 1. The zero-order valence-corrected chi connectivity index (χ0v) is 9.95. The Morgan fingerprint density at radius 1 is 0.882 bits per heavy atom. The van der Waals surface area contributed by atoms with Crippen LogP contribution in [0, 0.1) is 0 Å². The summed E-state index contributed by atoms with van der Waals surface area (Å²) in [5, 5.41) is 0. The van der Waals surface area contributed by atoms with Crippen molar-refractivity contribution < 1.29 is 28.4 Å². The largest absolute Gasteiger partial charge is 1.00 e. The van der Waals surface area contributed by atoms with Crippen LogP contribution in [-0.4, -0.2) is 11.3 Å². The van der Waals surface area contributed by atoms with E-state index in [-0.39, 0.29) is 23.7 Å². The van der Waals surface area contributed by atoms with Crippen LogP contribution in [0.5, 0.6) is 0 Å². The molecule has 0 heterocycles. The number of hydrogen-bond donors (Lipinski definition) is 1. The van der Waals surface area contributed by atoms with Crippen LogP contribution in [0.1, 0.15) is 15.9 Å². The average Bonchev–Trinajstić information content (AvgIpc) is 2.30. The standard InChI is InChI=1S/C13H11NO.ClH.H2O/c14-12-9-5-4-8-11(12)13(15)10-6-2-1-3-7-10;;/h1-9H,14H2;1H;1H2. The van der Waals surface area contributed by atoms with Gasteiger partial charge in [-0.2, -0.15) is 0 Å². The first kappa shape index (κ1) is 15.3. The van der Waals surface area contributed by atoms with Crippen molar-refractivity contribution in [2.24, 2.45) is 0 Å². The van der Waals surface area contributed by atoms with E-state index >= 15 is 0 Å². The summed E-state index contributed by atoms with van der Waals surface area (Å²) in [6.45, 7) is 0. The number of rotatable bonds is 2. The van der Waals surface area contributed by atoms with Gasteiger partial charge in [-0.25, -0.2) is 0 Å². The van der Waals surface area contributed by atoms with E-state index in [0.717, 1.165) is 5.69 Å². The molecular weight excluding hydrogens is 238 g/mol. The third kappa shape index (κ3) is 3.39. The first-order valence-electron chi connectivity index (χ1n) is 4.80. The van der Waals surface area contributed by atoms with Crippen molar-refractivity contribution in [2.45, 2.75) is 0 Å². The lowest BCUT2D eigenvalue weighted by molar-refractivity contribution is -0.255. The van der Waals surface area contributed by atoms with Gasteiger partial charge in [0, 0.05) is 5.56 Å². The molecule has 0 saturated carbocycles. The fraction of sp³-hybridized carbons (Fsp3) is 0. The van der Waals surface area contributed by atoms with Crippen molar-refractivity contribution in [1.82, 2.24) is 0 Å². The Hall–Kier alpha value is -1.68. The second-order valence-electron chi connectivity index (χ2n) is 3.35. The van der Waals surface area contributed by atoms with Crippen molar-refractivity contribution in [3.05, 3.63) is 65.7 Å². The van der Waals surface area contributed by atoms with E-state index in [1.165, 1.54) is 0 Å². The third-order valence-electron chi connectivity index (χ3n) is 2.30. The van der Waals surface area contributed by atoms with Crippen molar-refractivity contribution >= 4 is 11.5 Å². The minimum absolute atomic E-state index is 0. The lowest BCUT2D eigenvalue weighted by Gasteiger charge is -2.01. The molecule has 0 aromatic heterocycles. The molecule has 0 spiro atoms. The summed E-state index contributed by atoms with van der Waals surface area (Å²) in [5.74, 6) is 0.0289. The summed E-state index contributed by atoms with van der Waals surface area (Å²) in [6, 6.07) is 16.6. The molecule has 0 fully saturated rings. The first-order valence-corrected chi connectivity index (χ1v) is 4.80. The monoisotopic (exact) mass is 251 g/mol. The van der Waals surface area contributed by atoms with Gasteiger partial charge in [-0.3, -0.25) is 4.79 Å². The Morgan fingerprint density at radius 3 is 2.00 bits per heavy atom. The lowest BCUT2D eigenvalue weighted by atomic mass is 10.0. The summed E-state index contributed by atoms with van der Waals surface area (Å²) in [6.07, 6.45) is 0. The highest BCUT2D eigenvalue weighted by Crippen LogP contribution is 2.14. The van der Waals surface area contributed by atoms with E-state index in [1.807, 2.05) is 48.5 Å². The van der Waals surface area contributed by atoms with E-state index in [2.05, 4.69) is 5.73 Å². The Balaban J connectivity index is 0.00000128. The third-order valence-corrected chi connectivity index (χ3v) is 2.30. The number of halogens is 1. The van der Waals surface area contributed by atoms with Crippen LogP contribution in [0.4, 0.5) is 5.69 Å². The Labute approximate surface area is 106 Å². The van der Waals surface area contributed by atoms with E-state index in [4.69, 9.17) is 0 Å². The molecule has 0 radical (unpaired) electrons. The average molecular weight is 252 g/mol. The molecule has 0 amide bonds. The van der Waals surface area contributed by atoms with Crippen molar-refractivity contribution in [2.75, 3.05) is 0 Å². The molecule has 0 saturated heterocycles. The number of carbonyl (C=O) groups excluding carboxylic acids is 1. The van der Waals surface area contributed by atoms with Gasteiger partial charge in [-0.05, 0) is 12.1 Å². The smallest absolute Gasteiger partial charge is 0.199 e. The Kier molecular flexibility index (Phi) is 6.13. The minimum atomic E-state index is 0. The van der Waals surface area contributed by atoms with Gasteiger partial charge in [0.15, 0.2) is 5.78 Å². The van der Waals surface area contributed by atoms with Gasteiger partial charge in [-0.1, -0.05) is 42.5 Å². The molecule has 2 aromatic carbocycles. The minimum Gasteiger partial charge on any atom is -1.00 e. The second kappa shape index (κ2) is 6.81. The quantitative estimate of drug-likeness (QED) is 0.614. The van der Waals surface area contributed by atoms with Gasteiger partial charge in [0.2, 0.25) is 0 Å². The van der Waals surface area contributed by atoms with Crippen LogP contribution in [0.3, 0.4) is 0 Å². The van der Waals surface area contributed by atoms with Crippen LogP contribution in [0.15, 0.2) is 54.6 Å². The molecule has 2 aromatic rings. The number of benzene rings is 2. The SMILES string of the molecule is O.[Cl-].[NH3+]c1ccccc1C(=O)c1ccccc1. The normalized spacial score (nSPS) is 8.76. The van der Waals surface area contributed by atoms with Crippen molar-refractivity contribution in [3.8, 4) is 0 Å². The molecule has 0 bridgehead atoms. The summed E-state index contributed by atoms with van der Waals surface area (Å²) < 4.78 is 0. The summed E-state index contributed by atoms with van der Waals surface area (Å²) in [4.78, 5) is 12.0. The van der Waals surface area contributed by atoms with Crippen LogP contribution < -0.4 is 18.1 Å².